The number of anilines is 1. The first-order chi connectivity index (χ1) is 9.50. The maximum absolute atomic E-state index is 13.6. The van der Waals surface area contributed by atoms with Crippen molar-refractivity contribution in [3.05, 3.63) is 59.4 Å². The summed E-state index contributed by atoms with van der Waals surface area (Å²) in [5.74, 6) is -1.71. The zero-order chi connectivity index (χ0) is 14.7. The lowest BCUT2D eigenvalue weighted by Gasteiger charge is -2.19. The minimum atomic E-state index is -0.747. The van der Waals surface area contributed by atoms with Crippen molar-refractivity contribution in [1.29, 1.82) is 0 Å². The summed E-state index contributed by atoms with van der Waals surface area (Å²) >= 11 is 0. The number of benzene rings is 2. The Kier molecular flexibility index (Phi) is 3.89. The number of carbonyl (C=O) groups excluding carboxylic acids is 1. The van der Waals surface area contributed by atoms with E-state index >= 15 is 0 Å². The van der Waals surface area contributed by atoms with Crippen LogP contribution in [0, 0.1) is 5.82 Å². The Bertz CT molecular complexity index is 623. The van der Waals surface area contributed by atoms with E-state index in [1.54, 1.807) is 18.2 Å². The van der Waals surface area contributed by atoms with Gasteiger partial charge in [0.1, 0.15) is 17.1 Å². The number of halogens is 1. The first kappa shape index (κ1) is 13.9. The van der Waals surface area contributed by atoms with Crippen molar-refractivity contribution in [3.63, 3.8) is 0 Å². The van der Waals surface area contributed by atoms with E-state index in [2.05, 4.69) is 0 Å². The zero-order valence-electron chi connectivity index (χ0n) is 11.0. The molecule has 104 valence electrons. The Morgan fingerprint density at radius 1 is 1.25 bits per heavy atom. The minimum absolute atomic E-state index is 0.235. The Morgan fingerprint density at radius 3 is 2.60 bits per heavy atom. The highest BCUT2D eigenvalue weighted by Gasteiger charge is 2.20. The predicted octanol–water partition coefficient (Wildman–Crippen LogP) is 2.39. The lowest BCUT2D eigenvalue weighted by molar-refractivity contribution is 0.0777. The van der Waals surface area contributed by atoms with Crippen molar-refractivity contribution in [2.75, 3.05) is 12.8 Å². The monoisotopic (exact) mass is 274 g/mol. The molecule has 4 nitrogen and oxygen atoms in total. The maximum atomic E-state index is 13.6. The number of nitrogens with zero attached hydrogens (tertiary/aromatic N) is 1. The van der Waals surface area contributed by atoms with Crippen molar-refractivity contribution >= 4 is 11.6 Å². The van der Waals surface area contributed by atoms with Crippen LogP contribution < -0.4 is 5.73 Å². The fourth-order valence-electron chi connectivity index (χ4n) is 1.92. The number of para-hydroxylation sites is 1. The summed E-state index contributed by atoms with van der Waals surface area (Å²) in [5, 5.41) is 9.62. The molecule has 0 aliphatic carbocycles. The molecule has 2 rings (SSSR count). The van der Waals surface area contributed by atoms with Gasteiger partial charge in [-0.3, -0.25) is 4.79 Å². The average molecular weight is 274 g/mol. The molecule has 3 N–H and O–H groups in total. The Morgan fingerprint density at radius 2 is 1.95 bits per heavy atom. The van der Waals surface area contributed by atoms with Crippen LogP contribution in [0.2, 0.25) is 0 Å². The lowest BCUT2D eigenvalue weighted by Crippen LogP contribution is -2.27. The number of nitrogen functional groups attached to an aromatic ring is 1. The molecule has 0 heterocycles. The summed E-state index contributed by atoms with van der Waals surface area (Å²) in [7, 11) is 1.53. The van der Waals surface area contributed by atoms with Crippen molar-refractivity contribution < 1.29 is 14.3 Å². The van der Waals surface area contributed by atoms with Crippen molar-refractivity contribution in [2.24, 2.45) is 0 Å². The summed E-state index contributed by atoms with van der Waals surface area (Å²) < 4.78 is 13.6. The van der Waals surface area contributed by atoms with E-state index in [4.69, 9.17) is 5.73 Å². The number of hydrogen-bond acceptors (Lipinski definition) is 3. The van der Waals surface area contributed by atoms with Crippen LogP contribution in [-0.2, 0) is 6.54 Å². The molecule has 0 spiro atoms. The lowest BCUT2D eigenvalue weighted by atomic mass is 10.1. The van der Waals surface area contributed by atoms with E-state index in [0.29, 0.717) is 5.69 Å². The molecule has 0 atom stereocenters. The molecule has 2 aromatic rings. The standard InChI is InChI=1S/C15H15FN2O2/c1-18(9-10-5-2-3-7-12(10)17)15(20)14-11(16)6-4-8-13(14)19/h2-8,19H,9,17H2,1H3. The normalized spacial score (nSPS) is 10.3. The summed E-state index contributed by atoms with van der Waals surface area (Å²) in [4.78, 5) is 13.5. The smallest absolute Gasteiger partial charge is 0.260 e. The molecular formula is C15H15FN2O2. The van der Waals surface area contributed by atoms with E-state index < -0.39 is 11.7 Å². The largest absolute Gasteiger partial charge is 0.507 e. The van der Waals surface area contributed by atoms with Crippen LogP contribution in [0.25, 0.3) is 0 Å². The molecule has 0 saturated carbocycles. The second-order valence-electron chi connectivity index (χ2n) is 4.49. The quantitative estimate of drug-likeness (QED) is 0.844. The van der Waals surface area contributed by atoms with Gasteiger partial charge in [-0.1, -0.05) is 24.3 Å². The Balaban J connectivity index is 2.24. The first-order valence-electron chi connectivity index (χ1n) is 6.07. The highest BCUT2D eigenvalue weighted by molar-refractivity contribution is 5.96. The third kappa shape index (κ3) is 2.71. The van der Waals surface area contributed by atoms with Crippen LogP contribution in [0.4, 0.5) is 10.1 Å². The van der Waals surface area contributed by atoms with Crippen LogP contribution in [0.15, 0.2) is 42.5 Å². The predicted molar refractivity (Wildman–Crippen MR) is 74.7 cm³/mol. The summed E-state index contributed by atoms with van der Waals surface area (Å²) in [6.07, 6.45) is 0. The van der Waals surface area contributed by atoms with Gasteiger partial charge in [0.2, 0.25) is 0 Å². The SMILES string of the molecule is CN(Cc1ccccc1N)C(=O)c1c(O)cccc1F. The molecule has 0 aromatic heterocycles. The fraction of sp³-hybridized carbons (Fsp3) is 0.133. The molecule has 0 aliphatic rings. The molecular weight excluding hydrogens is 259 g/mol. The number of carbonyl (C=O) groups is 1. The first-order valence-corrected chi connectivity index (χ1v) is 6.07. The van der Waals surface area contributed by atoms with Crippen LogP contribution in [-0.4, -0.2) is 23.0 Å². The number of hydrogen-bond donors (Lipinski definition) is 2. The molecule has 0 saturated heterocycles. The number of rotatable bonds is 3. The van der Waals surface area contributed by atoms with Crippen LogP contribution >= 0.6 is 0 Å². The van der Waals surface area contributed by atoms with E-state index in [-0.39, 0.29) is 17.9 Å². The maximum Gasteiger partial charge on any atom is 0.260 e. The summed E-state index contributed by atoms with van der Waals surface area (Å²) in [6, 6.07) is 10.9. The van der Waals surface area contributed by atoms with Crippen LogP contribution in [0.3, 0.4) is 0 Å². The summed E-state index contributed by atoms with van der Waals surface area (Å²) in [6.45, 7) is 0.235. The van der Waals surface area contributed by atoms with Gasteiger partial charge in [0.05, 0.1) is 0 Å². The number of nitrogens with two attached hydrogens (primary N) is 1. The second kappa shape index (κ2) is 5.61. The zero-order valence-corrected chi connectivity index (χ0v) is 11.0. The molecule has 0 fully saturated rings. The number of aromatic hydroxyl groups is 1. The molecule has 20 heavy (non-hydrogen) atoms. The molecule has 0 bridgehead atoms. The van der Waals surface area contributed by atoms with E-state index in [1.165, 1.54) is 24.1 Å². The molecule has 0 radical (unpaired) electrons. The highest BCUT2D eigenvalue weighted by atomic mass is 19.1. The van der Waals surface area contributed by atoms with Gasteiger partial charge in [-0.25, -0.2) is 4.39 Å². The molecule has 5 heteroatoms. The van der Waals surface area contributed by atoms with Gasteiger partial charge in [-0.2, -0.15) is 0 Å². The van der Waals surface area contributed by atoms with Gasteiger partial charge in [-0.15, -0.1) is 0 Å². The van der Waals surface area contributed by atoms with Crippen LogP contribution in [0.1, 0.15) is 15.9 Å². The van der Waals surface area contributed by atoms with Crippen molar-refractivity contribution in [3.8, 4) is 5.75 Å². The third-order valence-corrected chi connectivity index (χ3v) is 3.01. The van der Waals surface area contributed by atoms with Gasteiger partial charge >= 0.3 is 0 Å². The average Bonchev–Trinajstić information content (AvgIpc) is 2.41. The molecule has 0 aliphatic heterocycles. The third-order valence-electron chi connectivity index (χ3n) is 3.01. The van der Waals surface area contributed by atoms with E-state index in [0.717, 1.165) is 11.6 Å². The number of phenols is 1. The number of amides is 1. The number of phenolic OH excluding ortho intramolecular Hbond substituents is 1. The van der Waals surface area contributed by atoms with Gasteiger partial charge < -0.3 is 15.7 Å². The van der Waals surface area contributed by atoms with Gasteiger partial charge in [0.25, 0.3) is 5.91 Å². The second-order valence-corrected chi connectivity index (χ2v) is 4.49. The van der Waals surface area contributed by atoms with Gasteiger partial charge in [0.15, 0.2) is 0 Å². The molecule has 0 unspecified atom stereocenters. The van der Waals surface area contributed by atoms with Gasteiger partial charge in [0, 0.05) is 19.3 Å². The van der Waals surface area contributed by atoms with E-state index in [9.17, 15) is 14.3 Å². The Hall–Kier alpha value is -2.56. The Labute approximate surface area is 116 Å². The van der Waals surface area contributed by atoms with Crippen LogP contribution in [0.5, 0.6) is 5.75 Å². The summed E-state index contributed by atoms with van der Waals surface area (Å²) in [5.41, 5.74) is 6.80. The minimum Gasteiger partial charge on any atom is -0.507 e. The molecule has 2 aromatic carbocycles. The van der Waals surface area contributed by atoms with Gasteiger partial charge in [-0.05, 0) is 23.8 Å². The van der Waals surface area contributed by atoms with E-state index in [1.807, 2.05) is 6.07 Å². The fourth-order valence-corrected chi connectivity index (χ4v) is 1.92. The van der Waals surface area contributed by atoms with Crippen molar-refractivity contribution in [1.82, 2.24) is 4.90 Å². The van der Waals surface area contributed by atoms with Crippen molar-refractivity contribution in [2.45, 2.75) is 6.54 Å². The molecule has 1 amide bonds. The highest BCUT2D eigenvalue weighted by Crippen LogP contribution is 2.22. The topological polar surface area (TPSA) is 66.6 Å².